The second-order valence-corrected chi connectivity index (χ2v) is 7.11. The molecule has 3 heterocycles. The average molecular weight is 401 g/mol. The Morgan fingerprint density at radius 3 is 2.33 bits per heavy atom. The van der Waals surface area contributed by atoms with Crippen LogP contribution in [0.2, 0.25) is 0 Å². The van der Waals surface area contributed by atoms with Crippen molar-refractivity contribution in [1.29, 1.82) is 0 Å². The van der Waals surface area contributed by atoms with Gasteiger partial charge in [-0.05, 0) is 25.1 Å². The molecule has 0 spiro atoms. The van der Waals surface area contributed by atoms with E-state index in [9.17, 15) is 19.2 Å². The van der Waals surface area contributed by atoms with E-state index in [1.165, 1.54) is 0 Å². The van der Waals surface area contributed by atoms with E-state index < -0.39 is 28.9 Å². The third-order valence-corrected chi connectivity index (χ3v) is 5.32. The van der Waals surface area contributed by atoms with Gasteiger partial charge in [0.15, 0.2) is 5.65 Å². The molecule has 0 saturated heterocycles. The molecule has 1 aliphatic heterocycles. The first kappa shape index (κ1) is 17.9. The number of amides is 1. The number of rotatable bonds is 2. The zero-order valence-electron chi connectivity index (χ0n) is 15.8. The molecule has 2 aromatic carbocycles. The Bertz CT molecular complexity index is 1550. The predicted molar refractivity (Wildman–Crippen MR) is 111 cm³/mol. The molecule has 9 nitrogen and oxygen atoms in total. The monoisotopic (exact) mass is 401 g/mol. The number of carbonyl (C=O) groups is 2. The highest BCUT2D eigenvalue weighted by Crippen LogP contribution is 2.18. The van der Waals surface area contributed by atoms with Crippen LogP contribution < -0.4 is 16.5 Å². The quantitative estimate of drug-likeness (QED) is 0.402. The first-order valence-corrected chi connectivity index (χ1v) is 9.30. The van der Waals surface area contributed by atoms with Crippen molar-refractivity contribution in [3.05, 3.63) is 69.2 Å². The fraction of sp³-hybridized carbons (Fsp3) is 0.143. The van der Waals surface area contributed by atoms with Crippen LogP contribution in [0.5, 0.6) is 0 Å². The van der Waals surface area contributed by atoms with Crippen LogP contribution in [0.25, 0.3) is 27.3 Å². The molecular formula is C21H15N5O4. The molecule has 5 rings (SSSR count). The minimum atomic E-state index is -0.796. The van der Waals surface area contributed by atoms with Crippen molar-refractivity contribution in [2.24, 2.45) is 11.0 Å². The lowest BCUT2D eigenvalue weighted by Gasteiger charge is -2.14. The van der Waals surface area contributed by atoms with Gasteiger partial charge in [-0.25, -0.2) is 10.4 Å². The first-order valence-electron chi connectivity index (χ1n) is 9.30. The second-order valence-electron chi connectivity index (χ2n) is 7.11. The van der Waals surface area contributed by atoms with Gasteiger partial charge in [-0.15, -0.1) is 0 Å². The number of hydrogen-bond acceptors (Lipinski definition) is 6. The lowest BCUT2D eigenvalue weighted by atomic mass is 10.0. The standard InChI is InChI=1S/C21H15N5O4/c1-11-15(19(28)24-23-11)10-17(27)25-20(29)13-7-3-2-6-12(13)18-22-16-9-5-4-8-14(16)21(30)26(18)25/h2-9,15H,10H2,1H3,(H,24,28). The molecule has 30 heavy (non-hydrogen) atoms. The van der Waals surface area contributed by atoms with E-state index in [1.807, 2.05) is 0 Å². The molecule has 1 N–H and O–H groups in total. The van der Waals surface area contributed by atoms with Crippen molar-refractivity contribution in [3.8, 4) is 0 Å². The summed E-state index contributed by atoms with van der Waals surface area (Å²) in [6.07, 6.45) is -0.298. The van der Waals surface area contributed by atoms with Gasteiger partial charge >= 0.3 is 0 Å². The van der Waals surface area contributed by atoms with Crippen LogP contribution in [-0.4, -0.2) is 31.7 Å². The third-order valence-electron chi connectivity index (χ3n) is 5.32. The number of aromatic nitrogens is 3. The third kappa shape index (κ3) is 2.48. The van der Waals surface area contributed by atoms with Gasteiger partial charge in [-0.2, -0.15) is 14.3 Å². The Morgan fingerprint density at radius 2 is 1.63 bits per heavy atom. The van der Waals surface area contributed by atoms with E-state index in [0.717, 1.165) is 9.20 Å². The van der Waals surface area contributed by atoms with E-state index in [-0.39, 0.29) is 22.8 Å². The maximum absolute atomic E-state index is 13.3. The molecule has 1 aliphatic rings. The predicted octanol–water partition coefficient (Wildman–Crippen LogP) is 1.31. The van der Waals surface area contributed by atoms with Gasteiger partial charge in [-0.1, -0.05) is 30.3 Å². The lowest BCUT2D eigenvalue weighted by Crippen LogP contribution is -2.40. The summed E-state index contributed by atoms with van der Waals surface area (Å²) in [6.45, 7) is 1.62. The van der Waals surface area contributed by atoms with Crippen LogP contribution in [-0.2, 0) is 4.79 Å². The van der Waals surface area contributed by atoms with Crippen LogP contribution in [0.4, 0.5) is 0 Å². The van der Waals surface area contributed by atoms with Crippen LogP contribution in [0.3, 0.4) is 0 Å². The molecule has 4 aromatic rings. The number of nitrogens with zero attached hydrogens (tertiary/aromatic N) is 4. The number of hydrogen-bond donors (Lipinski definition) is 1. The molecule has 0 aliphatic carbocycles. The Labute approximate surface area is 168 Å². The summed E-state index contributed by atoms with van der Waals surface area (Å²) in [5, 5.41) is 4.84. The van der Waals surface area contributed by atoms with Crippen LogP contribution in [0.15, 0.2) is 63.2 Å². The summed E-state index contributed by atoms with van der Waals surface area (Å²) >= 11 is 0. The molecule has 0 fully saturated rings. The van der Waals surface area contributed by atoms with Crippen molar-refractivity contribution in [2.45, 2.75) is 13.3 Å². The van der Waals surface area contributed by atoms with Crippen molar-refractivity contribution in [1.82, 2.24) is 19.6 Å². The number of benzene rings is 2. The number of fused-ring (bicyclic) bond motifs is 4. The number of nitrogens with one attached hydrogen (secondary N) is 1. The normalized spacial score (nSPS) is 16.2. The smallest absolute Gasteiger partial charge is 0.272 e. The van der Waals surface area contributed by atoms with Gasteiger partial charge in [0.1, 0.15) is 0 Å². The average Bonchev–Trinajstić information content (AvgIpc) is 3.07. The SMILES string of the molecule is CC1=NNC(=O)C1CC(=O)n1c(=O)c2ccccc2c2nc3ccccc3c(=O)n21. The van der Waals surface area contributed by atoms with Gasteiger partial charge < -0.3 is 0 Å². The van der Waals surface area contributed by atoms with E-state index in [2.05, 4.69) is 15.5 Å². The van der Waals surface area contributed by atoms with E-state index >= 15 is 0 Å². The molecule has 9 heteroatoms. The van der Waals surface area contributed by atoms with Gasteiger partial charge in [0.25, 0.3) is 11.1 Å². The van der Waals surface area contributed by atoms with E-state index in [1.54, 1.807) is 55.5 Å². The fourth-order valence-electron chi connectivity index (χ4n) is 3.77. The zero-order chi connectivity index (χ0) is 21.0. The van der Waals surface area contributed by atoms with Crippen LogP contribution >= 0.6 is 0 Å². The lowest BCUT2D eigenvalue weighted by molar-refractivity contribution is -0.122. The molecule has 0 bridgehead atoms. The Hall–Kier alpha value is -4.14. The van der Waals surface area contributed by atoms with Crippen LogP contribution in [0, 0.1) is 5.92 Å². The number of para-hydroxylation sites is 1. The first-order chi connectivity index (χ1) is 14.5. The molecule has 148 valence electrons. The number of carbonyl (C=O) groups excluding carboxylic acids is 2. The summed E-state index contributed by atoms with van der Waals surface area (Å²) in [5.74, 6) is -1.91. The molecule has 0 saturated carbocycles. The Balaban J connectivity index is 1.87. The summed E-state index contributed by atoms with van der Waals surface area (Å²) in [4.78, 5) is 56.3. The van der Waals surface area contributed by atoms with Crippen molar-refractivity contribution < 1.29 is 9.59 Å². The highest BCUT2D eigenvalue weighted by atomic mass is 16.2. The zero-order valence-corrected chi connectivity index (χ0v) is 15.8. The molecular weight excluding hydrogens is 386 g/mol. The van der Waals surface area contributed by atoms with Crippen molar-refractivity contribution >= 4 is 44.8 Å². The Morgan fingerprint density at radius 1 is 0.967 bits per heavy atom. The highest BCUT2D eigenvalue weighted by molar-refractivity contribution is 6.09. The van der Waals surface area contributed by atoms with Gasteiger partial charge in [0.2, 0.25) is 11.8 Å². The van der Waals surface area contributed by atoms with E-state index in [0.29, 0.717) is 16.6 Å². The maximum atomic E-state index is 13.3. The largest absolute Gasteiger partial charge is 0.281 e. The molecule has 1 atom stereocenters. The minimum Gasteiger partial charge on any atom is -0.272 e. The second kappa shape index (κ2) is 6.45. The molecule has 2 aromatic heterocycles. The maximum Gasteiger partial charge on any atom is 0.281 e. The van der Waals surface area contributed by atoms with Crippen molar-refractivity contribution in [3.63, 3.8) is 0 Å². The highest BCUT2D eigenvalue weighted by Gasteiger charge is 2.31. The minimum absolute atomic E-state index is 0.198. The fourth-order valence-corrected chi connectivity index (χ4v) is 3.77. The van der Waals surface area contributed by atoms with E-state index in [4.69, 9.17) is 0 Å². The summed E-state index contributed by atoms with van der Waals surface area (Å²) in [6, 6.07) is 13.4. The van der Waals surface area contributed by atoms with Crippen molar-refractivity contribution in [2.75, 3.05) is 0 Å². The van der Waals surface area contributed by atoms with Gasteiger partial charge in [-0.3, -0.25) is 19.2 Å². The topological polar surface area (TPSA) is 115 Å². The Kier molecular flexibility index (Phi) is 3.85. The molecule has 1 unspecified atom stereocenters. The summed E-state index contributed by atoms with van der Waals surface area (Å²) in [5.41, 5.74) is 2.25. The molecule has 1 amide bonds. The number of hydrazone groups is 1. The van der Waals surface area contributed by atoms with Gasteiger partial charge in [0, 0.05) is 17.5 Å². The van der Waals surface area contributed by atoms with Gasteiger partial charge in [0.05, 0.1) is 22.2 Å². The summed E-state index contributed by atoms with van der Waals surface area (Å²) < 4.78 is 1.80. The molecule has 0 radical (unpaired) electrons. The van der Waals surface area contributed by atoms with Crippen LogP contribution in [0.1, 0.15) is 18.1 Å². The summed E-state index contributed by atoms with van der Waals surface area (Å²) in [7, 11) is 0.